The van der Waals surface area contributed by atoms with Crippen LogP contribution in [0.2, 0.25) is 0 Å². The minimum Gasteiger partial charge on any atom is -0.308 e. The van der Waals surface area contributed by atoms with E-state index in [0.29, 0.717) is 13.2 Å². The molecule has 0 bridgehead atoms. The van der Waals surface area contributed by atoms with Gasteiger partial charge in [0.25, 0.3) is 0 Å². The van der Waals surface area contributed by atoms with Crippen molar-refractivity contribution < 1.29 is 22.5 Å². The monoisotopic (exact) mass is 314 g/mol. The van der Waals surface area contributed by atoms with E-state index in [9.17, 15) is 9.13 Å². The van der Waals surface area contributed by atoms with Gasteiger partial charge in [0.2, 0.25) is 0 Å². The smallest absolute Gasteiger partial charge is 0.308 e. The standard InChI is InChI=1S/C12H28O5P2/c1-5-9-11-15-18(13,7-3)17-19(14,8-4)16-12-10-6-2/h5-12H2,1-4H3. The van der Waals surface area contributed by atoms with Crippen LogP contribution in [0.3, 0.4) is 0 Å². The zero-order valence-corrected chi connectivity index (χ0v) is 14.4. The highest BCUT2D eigenvalue weighted by Gasteiger charge is 2.34. The summed E-state index contributed by atoms with van der Waals surface area (Å²) in [6, 6.07) is 0. The van der Waals surface area contributed by atoms with Gasteiger partial charge in [-0.2, -0.15) is 0 Å². The van der Waals surface area contributed by atoms with Gasteiger partial charge in [-0.15, -0.1) is 0 Å². The van der Waals surface area contributed by atoms with Gasteiger partial charge in [-0.05, 0) is 12.8 Å². The van der Waals surface area contributed by atoms with Gasteiger partial charge >= 0.3 is 15.2 Å². The Kier molecular flexibility index (Phi) is 10.3. The van der Waals surface area contributed by atoms with Gasteiger partial charge in [0.1, 0.15) is 0 Å². The zero-order valence-electron chi connectivity index (χ0n) is 12.6. The van der Waals surface area contributed by atoms with Crippen LogP contribution in [0.5, 0.6) is 0 Å². The molecule has 7 heteroatoms. The van der Waals surface area contributed by atoms with Crippen LogP contribution in [0.25, 0.3) is 0 Å². The molecule has 5 nitrogen and oxygen atoms in total. The third kappa shape index (κ3) is 8.27. The van der Waals surface area contributed by atoms with Crippen LogP contribution in [0, 0.1) is 0 Å². The van der Waals surface area contributed by atoms with E-state index in [4.69, 9.17) is 13.4 Å². The van der Waals surface area contributed by atoms with E-state index in [2.05, 4.69) is 0 Å². The second kappa shape index (κ2) is 10.1. The second-order valence-electron chi connectivity index (χ2n) is 4.31. The first-order valence-electron chi connectivity index (χ1n) is 7.13. The Bertz CT molecular complexity index is 289. The quantitative estimate of drug-likeness (QED) is 0.372. The van der Waals surface area contributed by atoms with Crippen LogP contribution in [0.1, 0.15) is 53.4 Å². The molecule has 0 aliphatic rings. The predicted octanol–water partition coefficient (Wildman–Crippen LogP) is 5.06. The van der Waals surface area contributed by atoms with Gasteiger partial charge in [-0.1, -0.05) is 40.5 Å². The van der Waals surface area contributed by atoms with Crippen molar-refractivity contribution in [1.82, 2.24) is 0 Å². The summed E-state index contributed by atoms with van der Waals surface area (Å²) in [7, 11) is -6.61. The number of hydrogen-bond donors (Lipinski definition) is 0. The molecule has 2 atom stereocenters. The number of rotatable bonds is 12. The summed E-state index contributed by atoms with van der Waals surface area (Å²) >= 11 is 0. The largest absolute Gasteiger partial charge is 0.337 e. The molecule has 2 unspecified atom stereocenters. The first-order valence-corrected chi connectivity index (χ1v) is 10.6. The van der Waals surface area contributed by atoms with Gasteiger partial charge in [0, 0.05) is 12.3 Å². The summed E-state index contributed by atoms with van der Waals surface area (Å²) < 4.78 is 40.6. The van der Waals surface area contributed by atoms with Crippen molar-refractivity contribution in [2.75, 3.05) is 25.5 Å². The van der Waals surface area contributed by atoms with E-state index >= 15 is 0 Å². The average Bonchev–Trinajstić information content (AvgIpc) is 2.39. The van der Waals surface area contributed by atoms with Crippen molar-refractivity contribution in [1.29, 1.82) is 0 Å². The van der Waals surface area contributed by atoms with Gasteiger partial charge in [-0.3, -0.25) is 9.13 Å². The molecule has 0 aromatic rings. The highest BCUT2D eigenvalue weighted by Crippen LogP contribution is 2.64. The van der Waals surface area contributed by atoms with Crippen LogP contribution in [0.15, 0.2) is 0 Å². The molecule has 0 aromatic heterocycles. The molecule has 0 radical (unpaired) electrons. The minimum atomic E-state index is -3.30. The normalized spacial score (nSPS) is 17.9. The van der Waals surface area contributed by atoms with Gasteiger partial charge in [0.05, 0.1) is 13.2 Å². The van der Waals surface area contributed by atoms with Crippen LogP contribution < -0.4 is 0 Å². The molecule has 0 N–H and O–H groups in total. The lowest BCUT2D eigenvalue weighted by Crippen LogP contribution is -2.03. The van der Waals surface area contributed by atoms with Crippen molar-refractivity contribution in [2.24, 2.45) is 0 Å². The Hall–Kier alpha value is 0.340. The van der Waals surface area contributed by atoms with E-state index in [0.717, 1.165) is 25.7 Å². The summed E-state index contributed by atoms with van der Waals surface area (Å²) in [5.41, 5.74) is 0. The SMILES string of the molecule is CCCCOP(=O)(CC)OP(=O)(CC)OCCCC. The predicted molar refractivity (Wildman–Crippen MR) is 79.1 cm³/mol. The molecule has 0 fully saturated rings. The Balaban J connectivity index is 4.52. The van der Waals surface area contributed by atoms with E-state index < -0.39 is 15.2 Å². The van der Waals surface area contributed by atoms with Gasteiger partial charge in [-0.25, -0.2) is 4.31 Å². The molecule has 0 amide bonds. The van der Waals surface area contributed by atoms with Gasteiger partial charge < -0.3 is 9.05 Å². The maximum atomic E-state index is 12.4. The molecular weight excluding hydrogens is 286 g/mol. The Labute approximate surface area is 117 Å². The van der Waals surface area contributed by atoms with Crippen LogP contribution in [-0.4, -0.2) is 25.5 Å². The van der Waals surface area contributed by atoms with Crippen molar-refractivity contribution in [3.8, 4) is 0 Å². The summed E-state index contributed by atoms with van der Waals surface area (Å²) in [6.45, 7) is 8.18. The summed E-state index contributed by atoms with van der Waals surface area (Å²) in [6.07, 6.45) is 3.92. The fourth-order valence-corrected chi connectivity index (χ4v) is 5.23. The molecule has 0 aromatic carbocycles. The highest BCUT2D eigenvalue weighted by molar-refractivity contribution is 7.67. The van der Waals surface area contributed by atoms with Crippen molar-refractivity contribution in [3.63, 3.8) is 0 Å². The van der Waals surface area contributed by atoms with Crippen molar-refractivity contribution >= 4 is 15.2 Å². The Morgan fingerprint density at radius 3 is 1.37 bits per heavy atom. The maximum absolute atomic E-state index is 12.4. The lowest BCUT2D eigenvalue weighted by Gasteiger charge is -2.23. The van der Waals surface area contributed by atoms with E-state index in [1.165, 1.54) is 0 Å². The van der Waals surface area contributed by atoms with E-state index in [1.807, 2.05) is 13.8 Å². The Morgan fingerprint density at radius 2 is 1.11 bits per heavy atom. The third-order valence-corrected chi connectivity index (χ3v) is 7.29. The van der Waals surface area contributed by atoms with Crippen LogP contribution in [0.4, 0.5) is 0 Å². The van der Waals surface area contributed by atoms with E-state index in [1.54, 1.807) is 13.8 Å². The van der Waals surface area contributed by atoms with Crippen molar-refractivity contribution in [3.05, 3.63) is 0 Å². The number of hydrogen-bond acceptors (Lipinski definition) is 5. The maximum Gasteiger partial charge on any atom is 0.337 e. The summed E-state index contributed by atoms with van der Waals surface area (Å²) in [5.74, 6) is 0. The molecule has 0 rings (SSSR count). The first kappa shape index (κ1) is 19.3. The van der Waals surface area contributed by atoms with Crippen LogP contribution in [-0.2, 0) is 22.5 Å². The molecule has 0 saturated heterocycles. The highest BCUT2D eigenvalue weighted by atomic mass is 31.3. The molecule has 0 spiro atoms. The zero-order chi connectivity index (χ0) is 14.8. The molecule has 0 aliphatic heterocycles. The van der Waals surface area contributed by atoms with Crippen LogP contribution >= 0.6 is 15.2 Å². The lowest BCUT2D eigenvalue weighted by molar-refractivity contribution is 0.223. The molecule has 0 aliphatic carbocycles. The molecule has 0 saturated carbocycles. The summed E-state index contributed by atoms with van der Waals surface area (Å²) in [4.78, 5) is 0. The third-order valence-electron chi connectivity index (χ3n) is 2.60. The van der Waals surface area contributed by atoms with Gasteiger partial charge in [0.15, 0.2) is 0 Å². The molecule has 19 heavy (non-hydrogen) atoms. The lowest BCUT2D eigenvalue weighted by atomic mass is 10.4. The molecule has 0 heterocycles. The topological polar surface area (TPSA) is 61.8 Å². The minimum absolute atomic E-state index is 0.206. The second-order valence-corrected chi connectivity index (χ2v) is 9.19. The van der Waals surface area contributed by atoms with Crippen molar-refractivity contribution in [2.45, 2.75) is 53.4 Å². The molecular formula is C12H28O5P2. The Morgan fingerprint density at radius 1 is 0.737 bits per heavy atom. The summed E-state index contributed by atoms with van der Waals surface area (Å²) in [5, 5.41) is 0. The number of unbranched alkanes of at least 4 members (excludes halogenated alkanes) is 2. The average molecular weight is 314 g/mol. The molecule has 116 valence electrons. The van der Waals surface area contributed by atoms with E-state index in [-0.39, 0.29) is 12.3 Å². The fraction of sp³-hybridized carbons (Fsp3) is 1.00. The first-order chi connectivity index (χ1) is 8.95. The fourth-order valence-electron chi connectivity index (χ4n) is 1.23.